The fraction of sp³-hybridized carbons (Fsp3) is 0.292. The van der Waals surface area contributed by atoms with Crippen LogP contribution in [-0.4, -0.2) is 39.4 Å². The molecule has 1 heterocycles. The lowest BCUT2D eigenvalue weighted by molar-refractivity contribution is -0.116. The Kier molecular flexibility index (Phi) is 8.42. The van der Waals surface area contributed by atoms with Crippen LogP contribution in [0.15, 0.2) is 52.4 Å². The molecule has 0 unspecified atom stereocenters. The standard InChI is InChI=1S/C24H27N5O4S/c1-5-19(22(31)25-15-8-10-16(33-4)11-9-15)34-24-27-23(32)21(28-29-24)17-13-14(3)7-12-18(17)26-20(30)6-2/h7-13,19H,5-6H2,1-4H3,(H,25,31)(H,26,30)(H,27,29,32)/t19-/m0/s1. The lowest BCUT2D eigenvalue weighted by Gasteiger charge is -2.14. The van der Waals surface area contributed by atoms with Gasteiger partial charge in [-0.05, 0) is 49.7 Å². The Labute approximate surface area is 201 Å². The van der Waals surface area contributed by atoms with E-state index >= 15 is 0 Å². The first-order chi connectivity index (χ1) is 16.3. The van der Waals surface area contributed by atoms with Crippen LogP contribution in [0.1, 0.15) is 32.3 Å². The molecule has 2 amide bonds. The van der Waals surface area contributed by atoms with Gasteiger partial charge in [-0.15, -0.1) is 10.2 Å². The number of methoxy groups -OCH3 is 1. The number of aryl methyl sites for hydroxylation is 1. The van der Waals surface area contributed by atoms with Gasteiger partial charge in [-0.2, -0.15) is 0 Å². The number of amides is 2. The zero-order chi connectivity index (χ0) is 24.7. The third kappa shape index (κ3) is 6.22. The molecule has 178 valence electrons. The maximum atomic E-state index is 12.9. The third-order valence-electron chi connectivity index (χ3n) is 4.98. The van der Waals surface area contributed by atoms with E-state index in [-0.39, 0.29) is 22.7 Å². The van der Waals surface area contributed by atoms with Crippen LogP contribution in [-0.2, 0) is 9.59 Å². The number of aromatic nitrogens is 3. The molecule has 10 heteroatoms. The first-order valence-corrected chi connectivity index (χ1v) is 11.7. The van der Waals surface area contributed by atoms with E-state index in [1.54, 1.807) is 50.4 Å². The fourth-order valence-corrected chi connectivity index (χ4v) is 3.95. The SMILES string of the molecule is CCC(=O)Nc1ccc(C)cc1-c1nnc(S[C@@H](CC)C(=O)Nc2ccc(OC)cc2)[nH]c1=O. The molecule has 34 heavy (non-hydrogen) atoms. The lowest BCUT2D eigenvalue weighted by atomic mass is 10.1. The minimum atomic E-state index is -0.490. The van der Waals surface area contributed by atoms with E-state index in [0.29, 0.717) is 35.5 Å². The van der Waals surface area contributed by atoms with Crippen molar-refractivity contribution in [1.29, 1.82) is 0 Å². The maximum absolute atomic E-state index is 12.9. The number of hydrogen-bond acceptors (Lipinski definition) is 7. The topological polar surface area (TPSA) is 126 Å². The molecule has 0 aliphatic carbocycles. The maximum Gasteiger partial charge on any atom is 0.278 e. The molecule has 9 nitrogen and oxygen atoms in total. The Morgan fingerprint density at radius 1 is 1.09 bits per heavy atom. The molecule has 1 atom stereocenters. The van der Waals surface area contributed by atoms with E-state index in [1.807, 2.05) is 19.9 Å². The number of carbonyl (C=O) groups excluding carboxylic acids is 2. The number of anilines is 2. The molecule has 0 aliphatic rings. The summed E-state index contributed by atoms with van der Waals surface area (Å²) in [5.74, 6) is 0.307. The molecule has 3 rings (SSSR count). The van der Waals surface area contributed by atoms with Crippen molar-refractivity contribution < 1.29 is 14.3 Å². The largest absolute Gasteiger partial charge is 0.497 e. The number of hydrogen-bond donors (Lipinski definition) is 3. The van der Waals surface area contributed by atoms with Crippen LogP contribution in [0.5, 0.6) is 5.75 Å². The van der Waals surface area contributed by atoms with Crippen LogP contribution in [0.3, 0.4) is 0 Å². The van der Waals surface area contributed by atoms with Gasteiger partial charge in [0.25, 0.3) is 5.56 Å². The normalized spacial score (nSPS) is 11.5. The van der Waals surface area contributed by atoms with Crippen molar-refractivity contribution in [3.8, 4) is 17.0 Å². The highest BCUT2D eigenvalue weighted by atomic mass is 32.2. The molecule has 0 spiro atoms. The summed E-state index contributed by atoms with van der Waals surface area (Å²) in [6.07, 6.45) is 0.825. The average molecular weight is 482 g/mol. The predicted octanol–water partition coefficient (Wildman–Crippen LogP) is 4.01. The predicted molar refractivity (Wildman–Crippen MR) is 133 cm³/mol. The van der Waals surface area contributed by atoms with Crippen molar-refractivity contribution in [1.82, 2.24) is 15.2 Å². The van der Waals surface area contributed by atoms with Gasteiger partial charge >= 0.3 is 0 Å². The van der Waals surface area contributed by atoms with Crippen molar-refractivity contribution >= 4 is 35.0 Å². The van der Waals surface area contributed by atoms with E-state index in [2.05, 4.69) is 25.8 Å². The van der Waals surface area contributed by atoms with Gasteiger partial charge in [-0.25, -0.2) is 0 Å². The van der Waals surface area contributed by atoms with Gasteiger partial charge in [0.2, 0.25) is 11.8 Å². The van der Waals surface area contributed by atoms with Gasteiger partial charge in [0.15, 0.2) is 10.9 Å². The highest BCUT2D eigenvalue weighted by Crippen LogP contribution is 2.27. The molecule has 3 aromatic rings. The van der Waals surface area contributed by atoms with E-state index in [0.717, 1.165) is 17.3 Å². The summed E-state index contributed by atoms with van der Waals surface area (Å²) in [5.41, 5.74) is 2.15. The fourth-order valence-electron chi connectivity index (χ4n) is 3.11. The number of aromatic amines is 1. The molecule has 2 aromatic carbocycles. The second-order valence-electron chi connectivity index (χ2n) is 7.49. The zero-order valence-electron chi connectivity index (χ0n) is 19.5. The summed E-state index contributed by atoms with van der Waals surface area (Å²) in [6.45, 7) is 5.51. The summed E-state index contributed by atoms with van der Waals surface area (Å²) < 4.78 is 5.13. The quantitative estimate of drug-likeness (QED) is 0.394. The van der Waals surface area contributed by atoms with Gasteiger partial charge in [0.05, 0.1) is 18.0 Å². The van der Waals surface area contributed by atoms with Crippen LogP contribution < -0.4 is 20.9 Å². The summed E-state index contributed by atoms with van der Waals surface area (Å²) in [6, 6.07) is 12.4. The molecule has 3 N–H and O–H groups in total. The number of nitrogens with one attached hydrogen (secondary N) is 3. The highest BCUT2D eigenvalue weighted by Gasteiger charge is 2.21. The van der Waals surface area contributed by atoms with Gasteiger partial charge < -0.3 is 15.4 Å². The number of H-pyrrole nitrogens is 1. The second-order valence-corrected chi connectivity index (χ2v) is 8.68. The van der Waals surface area contributed by atoms with E-state index in [1.165, 1.54) is 0 Å². The Morgan fingerprint density at radius 2 is 1.82 bits per heavy atom. The molecular formula is C24H27N5O4S. The Hall–Kier alpha value is -3.66. The number of carbonyl (C=O) groups is 2. The first-order valence-electron chi connectivity index (χ1n) is 10.8. The molecule has 0 bridgehead atoms. The average Bonchev–Trinajstić information content (AvgIpc) is 2.84. The lowest BCUT2D eigenvalue weighted by Crippen LogP contribution is -2.25. The number of benzene rings is 2. The second kappa shape index (κ2) is 11.5. The number of rotatable bonds is 9. The highest BCUT2D eigenvalue weighted by molar-refractivity contribution is 8.00. The Morgan fingerprint density at radius 3 is 2.44 bits per heavy atom. The van der Waals surface area contributed by atoms with E-state index in [4.69, 9.17) is 4.74 Å². The molecule has 1 aromatic heterocycles. The van der Waals surface area contributed by atoms with Crippen LogP contribution >= 0.6 is 11.8 Å². The van der Waals surface area contributed by atoms with Crippen molar-refractivity contribution in [2.24, 2.45) is 0 Å². The first kappa shape index (κ1) is 25.0. The summed E-state index contributed by atoms with van der Waals surface area (Å²) in [5, 5.41) is 13.6. The van der Waals surface area contributed by atoms with Crippen LogP contribution in [0.25, 0.3) is 11.3 Å². The number of nitrogens with zero attached hydrogens (tertiary/aromatic N) is 2. The smallest absolute Gasteiger partial charge is 0.278 e. The van der Waals surface area contributed by atoms with Crippen LogP contribution in [0, 0.1) is 6.92 Å². The molecule has 0 fully saturated rings. The molecule has 0 saturated heterocycles. The molecule has 0 radical (unpaired) electrons. The van der Waals surface area contributed by atoms with Gasteiger partial charge in [0.1, 0.15) is 5.75 Å². The molecular weight excluding hydrogens is 454 g/mol. The summed E-state index contributed by atoms with van der Waals surface area (Å²) >= 11 is 1.13. The van der Waals surface area contributed by atoms with Crippen molar-refractivity contribution in [2.75, 3.05) is 17.7 Å². The van der Waals surface area contributed by atoms with Crippen LogP contribution in [0.4, 0.5) is 11.4 Å². The van der Waals surface area contributed by atoms with Gasteiger partial charge in [0, 0.05) is 17.7 Å². The zero-order valence-corrected chi connectivity index (χ0v) is 20.3. The number of ether oxygens (including phenoxy) is 1. The van der Waals surface area contributed by atoms with Crippen molar-refractivity contribution in [3.63, 3.8) is 0 Å². The monoisotopic (exact) mass is 481 g/mol. The molecule has 0 saturated carbocycles. The Balaban J connectivity index is 1.79. The van der Waals surface area contributed by atoms with Crippen LogP contribution in [0.2, 0.25) is 0 Å². The van der Waals surface area contributed by atoms with Gasteiger partial charge in [-0.3, -0.25) is 19.4 Å². The minimum absolute atomic E-state index is 0.0928. The van der Waals surface area contributed by atoms with E-state index in [9.17, 15) is 14.4 Å². The van der Waals surface area contributed by atoms with Gasteiger partial charge in [-0.1, -0.05) is 37.2 Å². The summed E-state index contributed by atoms with van der Waals surface area (Å²) in [4.78, 5) is 40.2. The van der Waals surface area contributed by atoms with Crippen molar-refractivity contribution in [3.05, 3.63) is 58.4 Å². The molecule has 0 aliphatic heterocycles. The third-order valence-corrected chi connectivity index (χ3v) is 6.22. The van der Waals surface area contributed by atoms with Crippen molar-refractivity contribution in [2.45, 2.75) is 44.0 Å². The minimum Gasteiger partial charge on any atom is -0.497 e. The summed E-state index contributed by atoms with van der Waals surface area (Å²) in [7, 11) is 1.57. The number of thioether (sulfide) groups is 1. The Bertz CT molecular complexity index is 1230. The van der Waals surface area contributed by atoms with E-state index < -0.39 is 10.8 Å².